The number of benzene rings is 1. The van der Waals surface area contributed by atoms with Gasteiger partial charge in [-0.05, 0) is 49.9 Å². The third kappa shape index (κ3) is 4.58. The van der Waals surface area contributed by atoms with Crippen LogP contribution >= 0.6 is 0 Å². The molecule has 0 aromatic heterocycles. The zero-order valence-corrected chi connectivity index (χ0v) is 14.8. The maximum Gasteiger partial charge on any atom is 0.309 e. The van der Waals surface area contributed by atoms with Crippen LogP contribution in [0, 0.1) is 5.92 Å². The number of amides is 1. The molecule has 1 aromatic rings. The van der Waals surface area contributed by atoms with E-state index in [0.717, 1.165) is 32.1 Å². The van der Waals surface area contributed by atoms with E-state index in [2.05, 4.69) is 5.32 Å². The first-order valence-electron chi connectivity index (χ1n) is 8.53. The number of carbonyl (C=O) groups excluding carboxylic acids is 2. The van der Waals surface area contributed by atoms with E-state index in [1.807, 2.05) is 0 Å². The summed E-state index contributed by atoms with van der Waals surface area (Å²) in [6, 6.07) is 6.04. The van der Waals surface area contributed by atoms with Gasteiger partial charge in [-0.2, -0.15) is 4.31 Å². The lowest BCUT2D eigenvalue weighted by atomic mass is 10.2. The number of anilines is 1. The molecule has 7 nitrogen and oxygen atoms in total. The lowest BCUT2D eigenvalue weighted by Gasteiger charge is -2.25. The van der Waals surface area contributed by atoms with Crippen molar-refractivity contribution >= 4 is 27.6 Å². The van der Waals surface area contributed by atoms with Crippen molar-refractivity contribution in [2.45, 2.75) is 37.0 Å². The first-order valence-corrected chi connectivity index (χ1v) is 9.97. The van der Waals surface area contributed by atoms with Crippen molar-refractivity contribution in [1.82, 2.24) is 4.31 Å². The zero-order chi connectivity index (χ0) is 17.9. The Morgan fingerprint density at radius 2 is 1.72 bits per heavy atom. The maximum absolute atomic E-state index is 12.5. The fourth-order valence-electron chi connectivity index (χ4n) is 2.74. The summed E-state index contributed by atoms with van der Waals surface area (Å²) >= 11 is 0. The van der Waals surface area contributed by atoms with Gasteiger partial charge in [0.25, 0.3) is 5.91 Å². The predicted octanol–water partition coefficient (Wildman–Crippen LogP) is 1.75. The highest BCUT2D eigenvalue weighted by Crippen LogP contribution is 2.30. The molecule has 3 rings (SSSR count). The summed E-state index contributed by atoms with van der Waals surface area (Å²) < 4.78 is 31.5. The number of hydrogen-bond donors (Lipinski definition) is 1. The van der Waals surface area contributed by atoms with Gasteiger partial charge in [-0.25, -0.2) is 8.42 Å². The van der Waals surface area contributed by atoms with Gasteiger partial charge in [0.15, 0.2) is 6.61 Å². The summed E-state index contributed by atoms with van der Waals surface area (Å²) in [6.07, 6.45) is 4.48. The van der Waals surface area contributed by atoms with E-state index in [0.29, 0.717) is 18.8 Å². The Morgan fingerprint density at radius 3 is 2.32 bits per heavy atom. The van der Waals surface area contributed by atoms with E-state index in [4.69, 9.17) is 4.74 Å². The molecule has 1 N–H and O–H groups in total. The number of esters is 1. The average Bonchev–Trinajstić information content (AvgIpc) is 3.46. The van der Waals surface area contributed by atoms with Gasteiger partial charge in [0.2, 0.25) is 10.0 Å². The monoisotopic (exact) mass is 366 g/mol. The van der Waals surface area contributed by atoms with Gasteiger partial charge in [0.05, 0.1) is 10.8 Å². The van der Waals surface area contributed by atoms with E-state index in [1.54, 1.807) is 0 Å². The van der Waals surface area contributed by atoms with Crippen LogP contribution in [0.5, 0.6) is 0 Å². The summed E-state index contributed by atoms with van der Waals surface area (Å²) in [6.45, 7) is 0.767. The largest absolute Gasteiger partial charge is 0.455 e. The Hall–Kier alpha value is -1.93. The minimum Gasteiger partial charge on any atom is -0.455 e. The Labute approximate surface area is 147 Å². The number of piperidine rings is 1. The van der Waals surface area contributed by atoms with Crippen molar-refractivity contribution < 1.29 is 22.7 Å². The van der Waals surface area contributed by atoms with E-state index >= 15 is 0 Å². The van der Waals surface area contributed by atoms with Gasteiger partial charge >= 0.3 is 5.97 Å². The fraction of sp³-hybridized carbons (Fsp3) is 0.529. The van der Waals surface area contributed by atoms with Crippen molar-refractivity contribution in [2.24, 2.45) is 5.92 Å². The van der Waals surface area contributed by atoms with Gasteiger partial charge < -0.3 is 10.1 Å². The predicted molar refractivity (Wildman–Crippen MR) is 91.4 cm³/mol. The minimum absolute atomic E-state index is 0.0490. The quantitative estimate of drug-likeness (QED) is 0.775. The molecule has 0 atom stereocenters. The van der Waals surface area contributed by atoms with Crippen LogP contribution < -0.4 is 5.32 Å². The Bertz CT molecular complexity index is 735. The second kappa shape index (κ2) is 7.53. The van der Waals surface area contributed by atoms with Gasteiger partial charge in [-0.15, -0.1) is 0 Å². The lowest BCUT2D eigenvalue weighted by molar-refractivity contribution is -0.148. The number of rotatable bonds is 6. The Morgan fingerprint density at radius 1 is 1.08 bits per heavy atom. The number of hydrogen-bond acceptors (Lipinski definition) is 5. The SMILES string of the molecule is O=C(COC(=O)C1CC1)Nc1ccc(S(=O)(=O)N2CCCCC2)cc1. The van der Waals surface area contributed by atoms with Crippen LogP contribution in [-0.4, -0.2) is 44.3 Å². The molecule has 136 valence electrons. The molecule has 1 aromatic carbocycles. The highest BCUT2D eigenvalue weighted by Gasteiger charge is 2.31. The average molecular weight is 366 g/mol. The van der Waals surface area contributed by atoms with Crippen LogP contribution in [0.2, 0.25) is 0 Å². The topological polar surface area (TPSA) is 92.8 Å². The standard InChI is InChI=1S/C17H22N2O5S/c20-16(12-24-17(21)13-4-5-13)18-14-6-8-15(9-7-14)25(22,23)19-10-2-1-3-11-19/h6-9,13H,1-5,10-12H2,(H,18,20). The molecular formula is C17H22N2O5S. The molecule has 0 unspecified atom stereocenters. The minimum atomic E-state index is -3.48. The smallest absolute Gasteiger partial charge is 0.309 e. The van der Waals surface area contributed by atoms with E-state index in [9.17, 15) is 18.0 Å². The van der Waals surface area contributed by atoms with Crippen LogP contribution in [0.25, 0.3) is 0 Å². The third-order valence-corrected chi connectivity index (χ3v) is 6.26. The molecule has 0 spiro atoms. The summed E-state index contributed by atoms with van der Waals surface area (Å²) in [4.78, 5) is 23.4. The first kappa shape index (κ1) is 17.9. The van der Waals surface area contributed by atoms with Crippen LogP contribution in [-0.2, 0) is 24.3 Å². The molecule has 1 aliphatic carbocycles. The van der Waals surface area contributed by atoms with Crippen molar-refractivity contribution in [3.05, 3.63) is 24.3 Å². The normalized spacial score (nSPS) is 18.6. The summed E-state index contributed by atoms with van der Waals surface area (Å²) in [7, 11) is -3.48. The van der Waals surface area contributed by atoms with E-state index in [1.165, 1.54) is 28.6 Å². The molecule has 8 heteroatoms. The van der Waals surface area contributed by atoms with Gasteiger partial charge in [-0.1, -0.05) is 6.42 Å². The van der Waals surface area contributed by atoms with Crippen molar-refractivity contribution in [3.8, 4) is 0 Å². The van der Waals surface area contributed by atoms with Crippen molar-refractivity contribution in [3.63, 3.8) is 0 Å². The number of nitrogens with one attached hydrogen (secondary N) is 1. The van der Waals surface area contributed by atoms with Crippen molar-refractivity contribution in [2.75, 3.05) is 25.0 Å². The fourth-order valence-corrected chi connectivity index (χ4v) is 4.25. The lowest BCUT2D eigenvalue weighted by Crippen LogP contribution is -2.35. The number of nitrogens with zero attached hydrogens (tertiary/aromatic N) is 1. The van der Waals surface area contributed by atoms with Gasteiger partial charge in [0.1, 0.15) is 0 Å². The Kier molecular flexibility index (Phi) is 5.39. The number of ether oxygens (including phenoxy) is 1. The first-order chi connectivity index (χ1) is 12.0. The summed E-state index contributed by atoms with van der Waals surface area (Å²) in [5.74, 6) is -0.828. The molecule has 1 saturated heterocycles. The highest BCUT2D eigenvalue weighted by molar-refractivity contribution is 7.89. The maximum atomic E-state index is 12.5. The molecule has 0 radical (unpaired) electrons. The summed E-state index contributed by atoms with van der Waals surface area (Å²) in [5, 5.41) is 2.59. The molecule has 2 aliphatic rings. The zero-order valence-electron chi connectivity index (χ0n) is 13.9. The second-order valence-electron chi connectivity index (χ2n) is 6.42. The van der Waals surface area contributed by atoms with Gasteiger partial charge in [0, 0.05) is 18.8 Å². The van der Waals surface area contributed by atoms with E-state index < -0.39 is 15.9 Å². The number of sulfonamides is 1. The second-order valence-corrected chi connectivity index (χ2v) is 8.36. The molecule has 2 fully saturated rings. The van der Waals surface area contributed by atoms with Crippen molar-refractivity contribution in [1.29, 1.82) is 0 Å². The highest BCUT2D eigenvalue weighted by atomic mass is 32.2. The molecule has 1 aliphatic heterocycles. The van der Waals surface area contributed by atoms with Crippen LogP contribution in [0.1, 0.15) is 32.1 Å². The van der Waals surface area contributed by atoms with Crippen LogP contribution in [0.4, 0.5) is 5.69 Å². The summed E-state index contributed by atoms with van der Waals surface area (Å²) in [5.41, 5.74) is 0.463. The molecule has 1 saturated carbocycles. The molecular weight excluding hydrogens is 344 g/mol. The van der Waals surface area contributed by atoms with Gasteiger partial charge in [-0.3, -0.25) is 9.59 Å². The molecule has 0 bridgehead atoms. The third-order valence-electron chi connectivity index (χ3n) is 4.35. The molecule has 1 amide bonds. The van der Waals surface area contributed by atoms with E-state index in [-0.39, 0.29) is 23.4 Å². The van der Waals surface area contributed by atoms with Crippen LogP contribution in [0.15, 0.2) is 29.2 Å². The Balaban J connectivity index is 1.55. The molecule has 1 heterocycles. The molecule has 25 heavy (non-hydrogen) atoms. The number of carbonyl (C=O) groups is 2. The van der Waals surface area contributed by atoms with Crippen LogP contribution in [0.3, 0.4) is 0 Å².